The van der Waals surface area contributed by atoms with Crippen LogP contribution in [0.5, 0.6) is 0 Å². The van der Waals surface area contributed by atoms with E-state index in [1.165, 1.54) is 11.8 Å². The molecule has 33 heavy (non-hydrogen) atoms. The van der Waals surface area contributed by atoms with Crippen molar-refractivity contribution in [1.82, 2.24) is 5.32 Å². The number of anilines is 2. The van der Waals surface area contributed by atoms with Gasteiger partial charge in [-0.15, -0.1) is 11.8 Å². The van der Waals surface area contributed by atoms with Crippen molar-refractivity contribution in [2.45, 2.75) is 30.7 Å². The molecule has 0 heterocycles. The molecule has 0 bridgehead atoms. The van der Waals surface area contributed by atoms with E-state index in [-0.39, 0.29) is 29.5 Å². The molecule has 0 radical (unpaired) electrons. The van der Waals surface area contributed by atoms with Gasteiger partial charge in [-0.3, -0.25) is 14.4 Å². The van der Waals surface area contributed by atoms with Crippen LogP contribution >= 0.6 is 11.8 Å². The summed E-state index contributed by atoms with van der Waals surface area (Å²) >= 11 is 1.30. The van der Waals surface area contributed by atoms with Crippen molar-refractivity contribution < 1.29 is 14.4 Å². The fourth-order valence-electron chi connectivity index (χ4n) is 3.19. The molecular weight excluding hydrogens is 434 g/mol. The Hall–Kier alpha value is -3.58. The van der Waals surface area contributed by atoms with E-state index in [0.29, 0.717) is 21.7 Å². The van der Waals surface area contributed by atoms with Crippen LogP contribution in [0.2, 0.25) is 0 Å². The summed E-state index contributed by atoms with van der Waals surface area (Å²) in [7, 11) is 0. The molecule has 4 rings (SSSR count). The van der Waals surface area contributed by atoms with E-state index in [1.807, 2.05) is 43.3 Å². The summed E-state index contributed by atoms with van der Waals surface area (Å²) in [5.74, 6) is -0.399. The first-order valence-electron chi connectivity index (χ1n) is 10.8. The lowest BCUT2D eigenvalue weighted by Crippen LogP contribution is -2.25. The maximum Gasteiger partial charge on any atom is 0.256 e. The summed E-state index contributed by atoms with van der Waals surface area (Å²) < 4.78 is 0. The average Bonchev–Trinajstić information content (AvgIpc) is 3.63. The minimum absolute atomic E-state index is 0.135. The van der Waals surface area contributed by atoms with Crippen LogP contribution in [-0.2, 0) is 4.79 Å². The van der Waals surface area contributed by atoms with Crippen LogP contribution in [0.4, 0.5) is 11.4 Å². The Kier molecular flexibility index (Phi) is 7.10. The number of hydrogen-bond acceptors (Lipinski definition) is 4. The van der Waals surface area contributed by atoms with Crippen LogP contribution in [0.1, 0.15) is 39.1 Å². The summed E-state index contributed by atoms with van der Waals surface area (Å²) in [5, 5.41) is 8.67. The highest BCUT2D eigenvalue weighted by molar-refractivity contribution is 8.00. The molecule has 1 fully saturated rings. The minimum Gasteiger partial charge on any atom is -0.349 e. The molecule has 0 aromatic heterocycles. The predicted molar refractivity (Wildman–Crippen MR) is 132 cm³/mol. The largest absolute Gasteiger partial charge is 0.349 e. The maximum atomic E-state index is 12.9. The Morgan fingerprint density at radius 1 is 0.848 bits per heavy atom. The molecule has 3 N–H and O–H groups in total. The van der Waals surface area contributed by atoms with Gasteiger partial charge in [0.1, 0.15) is 0 Å². The summed E-state index contributed by atoms with van der Waals surface area (Å²) in [4.78, 5) is 38.3. The van der Waals surface area contributed by atoms with Gasteiger partial charge in [0.15, 0.2) is 0 Å². The lowest BCUT2D eigenvalue weighted by atomic mass is 10.1. The maximum absolute atomic E-state index is 12.9. The Morgan fingerprint density at radius 3 is 2.36 bits per heavy atom. The average molecular weight is 460 g/mol. The smallest absolute Gasteiger partial charge is 0.256 e. The molecule has 6 nitrogen and oxygen atoms in total. The molecule has 0 saturated heterocycles. The van der Waals surface area contributed by atoms with E-state index < -0.39 is 0 Å². The first-order chi connectivity index (χ1) is 16.0. The molecule has 0 unspecified atom stereocenters. The Bertz CT molecular complexity index is 1170. The molecular formula is C26H25N3O3S. The summed E-state index contributed by atoms with van der Waals surface area (Å²) in [6.45, 7) is 1.99. The van der Waals surface area contributed by atoms with Crippen LogP contribution in [0.25, 0.3) is 0 Å². The van der Waals surface area contributed by atoms with Gasteiger partial charge in [0.05, 0.1) is 11.3 Å². The normalized spacial score (nSPS) is 12.6. The van der Waals surface area contributed by atoms with Crippen molar-refractivity contribution in [3.05, 3.63) is 89.5 Å². The zero-order valence-corrected chi connectivity index (χ0v) is 19.1. The van der Waals surface area contributed by atoms with Crippen molar-refractivity contribution in [2.75, 3.05) is 16.4 Å². The number of amides is 3. The fourth-order valence-corrected chi connectivity index (χ4v) is 4.04. The Labute approximate surface area is 197 Å². The topological polar surface area (TPSA) is 87.3 Å². The molecule has 3 aromatic rings. The molecule has 1 aliphatic carbocycles. The van der Waals surface area contributed by atoms with Crippen molar-refractivity contribution in [3.63, 3.8) is 0 Å². The highest BCUT2D eigenvalue weighted by atomic mass is 32.2. The van der Waals surface area contributed by atoms with Crippen molar-refractivity contribution >= 4 is 40.9 Å². The van der Waals surface area contributed by atoms with E-state index in [4.69, 9.17) is 0 Å². The number of hydrogen-bond donors (Lipinski definition) is 3. The van der Waals surface area contributed by atoms with E-state index in [0.717, 1.165) is 24.1 Å². The standard InChI is InChI=1S/C26H25N3O3S/c1-17-9-11-19(12-10-17)27-24(30)16-33-23-8-3-2-7-22(23)26(32)29-21-6-4-5-18(15-21)25(31)28-20-13-14-20/h2-12,15,20H,13-14,16H2,1H3,(H,27,30)(H,28,31)(H,29,32). The van der Waals surface area contributed by atoms with E-state index in [2.05, 4.69) is 16.0 Å². The fraction of sp³-hybridized carbons (Fsp3) is 0.192. The molecule has 0 atom stereocenters. The lowest BCUT2D eigenvalue weighted by molar-refractivity contribution is -0.113. The number of carbonyl (C=O) groups excluding carboxylic acids is 3. The number of rotatable bonds is 8. The van der Waals surface area contributed by atoms with Gasteiger partial charge in [-0.1, -0.05) is 35.9 Å². The Morgan fingerprint density at radius 2 is 1.61 bits per heavy atom. The first-order valence-corrected chi connectivity index (χ1v) is 11.8. The van der Waals surface area contributed by atoms with Crippen molar-refractivity contribution in [2.24, 2.45) is 0 Å². The third-order valence-electron chi connectivity index (χ3n) is 5.12. The van der Waals surface area contributed by atoms with Crippen molar-refractivity contribution in [1.29, 1.82) is 0 Å². The van der Waals surface area contributed by atoms with Gasteiger partial charge in [0, 0.05) is 27.9 Å². The lowest BCUT2D eigenvalue weighted by Gasteiger charge is -2.11. The zero-order chi connectivity index (χ0) is 23.2. The highest BCUT2D eigenvalue weighted by Crippen LogP contribution is 2.25. The van der Waals surface area contributed by atoms with E-state index >= 15 is 0 Å². The van der Waals surface area contributed by atoms with Gasteiger partial charge in [0.2, 0.25) is 5.91 Å². The van der Waals surface area contributed by atoms with Gasteiger partial charge in [-0.2, -0.15) is 0 Å². The summed E-state index contributed by atoms with van der Waals surface area (Å²) in [6, 6.07) is 21.9. The second-order valence-corrected chi connectivity index (χ2v) is 9.00. The molecule has 3 amide bonds. The molecule has 1 aliphatic rings. The molecule has 0 aliphatic heterocycles. The van der Waals surface area contributed by atoms with Crippen LogP contribution in [0, 0.1) is 6.92 Å². The SMILES string of the molecule is Cc1ccc(NC(=O)CSc2ccccc2C(=O)Nc2cccc(C(=O)NC3CC3)c2)cc1. The van der Waals surface area contributed by atoms with Crippen LogP contribution < -0.4 is 16.0 Å². The monoisotopic (exact) mass is 459 g/mol. The number of aryl methyl sites for hydroxylation is 1. The van der Waals surface area contributed by atoms with E-state index in [9.17, 15) is 14.4 Å². The van der Waals surface area contributed by atoms with Crippen LogP contribution in [-0.4, -0.2) is 29.5 Å². The van der Waals surface area contributed by atoms with Gasteiger partial charge in [-0.05, 0) is 62.2 Å². The number of benzene rings is 3. The van der Waals surface area contributed by atoms with Crippen LogP contribution in [0.15, 0.2) is 77.7 Å². The number of carbonyl (C=O) groups is 3. The number of nitrogens with one attached hydrogen (secondary N) is 3. The first kappa shape index (κ1) is 22.6. The predicted octanol–water partition coefficient (Wildman–Crippen LogP) is 4.87. The third kappa shape index (κ3) is 6.46. The zero-order valence-electron chi connectivity index (χ0n) is 18.3. The quantitative estimate of drug-likeness (QED) is 0.420. The second-order valence-electron chi connectivity index (χ2n) is 7.98. The highest BCUT2D eigenvalue weighted by Gasteiger charge is 2.24. The Balaban J connectivity index is 1.38. The van der Waals surface area contributed by atoms with Gasteiger partial charge in [0.25, 0.3) is 11.8 Å². The van der Waals surface area contributed by atoms with Gasteiger partial charge >= 0.3 is 0 Å². The summed E-state index contributed by atoms with van der Waals surface area (Å²) in [6.07, 6.45) is 2.03. The van der Waals surface area contributed by atoms with Gasteiger partial charge in [-0.25, -0.2) is 0 Å². The van der Waals surface area contributed by atoms with Crippen molar-refractivity contribution in [3.8, 4) is 0 Å². The number of thioether (sulfide) groups is 1. The summed E-state index contributed by atoms with van der Waals surface area (Å²) in [5.41, 5.74) is 3.38. The minimum atomic E-state index is -0.295. The van der Waals surface area contributed by atoms with Gasteiger partial charge < -0.3 is 16.0 Å². The van der Waals surface area contributed by atoms with Crippen LogP contribution in [0.3, 0.4) is 0 Å². The molecule has 168 valence electrons. The second kappa shape index (κ2) is 10.4. The molecule has 0 spiro atoms. The third-order valence-corrected chi connectivity index (χ3v) is 6.19. The van der Waals surface area contributed by atoms with E-state index in [1.54, 1.807) is 36.4 Å². The molecule has 3 aromatic carbocycles. The molecule has 7 heteroatoms. The molecule has 1 saturated carbocycles.